The van der Waals surface area contributed by atoms with Crippen molar-refractivity contribution in [3.05, 3.63) is 34.2 Å². The van der Waals surface area contributed by atoms with Crippen LogP contribution in [-0.4, -0.2) is 22.8 Å². The lowest BCUT2D eigenvalue weighted by Crippen LogP contribution is -1.99. The highest BCUT2D eigenvalue weighted by Gasteiger charge is 2.02. The van der Waals surface area contributed by atoms with Gasteiger partial charge in [-0.25, -0.2) is 4.79 Å². The van der Waals surface area contributed by atoms with Crippen LogP contribution in [0.4, 0.5) is 0 Å². The van der Waals surface area contributed by atoms with Crippen molar-refractivity contribution < 1.29 is 4.84 Å². The molecule has 0 saturated carbocycles. The smallest absolute Gasteiger partial charge is 0.323 e. The molecule has 2 N–H and O–H groups in total. The number of benzene rings is 1. The molecule has 1 heterocycles. The second kappa shape index (κ2) is 3.61. The zero-order valence-electron chi connectivity index (χ0n) is 8.50. The molecule has 0 fully saturated rings. The molecule has 2 rings (SSSR count). The quantitative estimate of drug-likeness (QED) is 0.571. The van der Waals surface area contributed by atoms with E-state index in [1.54, 1.807) is 0 Å². The maximum absolute atomic E-state index is 11.0. The SMILES string of the molecule is CON=C(C)c1ccc2[nH]c(=O)[nH]c2c1. The third-order valence-electron chi connectivity index (χ3n) is 2.16. The van der Waals surface area contributed by atoms with Crippen molar-refractivity contribution in [2.45, 2.75) is 6.92 Å². The Morgan fingerprint density at radius 3 is 2.80 bits per heavy atom. The molecule has 0 radical (unpaired) electrons. The van der Waals surface area contributed by atoms with Crippen LogP contribution in [0.2, 0.25) is 0 Å². The van der Waals surface area contributed by atoms with Crippen LogP contribution in [0.3, 0.4) is 0 Å². The van der Waals surface area contributed by atoms with E-state index in [1.807, 2.05) is 25.1 Å². The second-order valence-corrected chi connectivity index (χ2v) is 3.20. The summed E-state index contributed by atoms with van der Waals surface area (Å²) in [6.07, 6.45) is 0. The number of nitrogens with one attached hydrogen (secondary N) is 2. The lowest BCUT2D eigenvalue weighted by molar-refractivity contribution is 0.213. The van der Waals surface area contributed by atoms with Gasteiger partial charge in [0.25, 0.3) is 0 Å². The molecule has 1 aromatic carbocycles. The van der Waals surface area contributed by atoms with Gasteiger partial charge < -0.3 is 14.8 Å². The van der Waals surface area contributed by atoms with Crippen molar-refractivity contribution in [1.29, 1.82) is 0 Å². The molecule has 0 saturated heterocycles. The van der Waals surface area contributed by atoms with Gasteiger partial charge in [0.05, 0.1) is 16.7 Å². The summed E-state index contributed by atoms with van der Waals surface area (Å²) in [5.74, 6) is 0. The number of aromatic nitrogens is 2. The molecule has 0 aliphatic carbocycles. The number of H-pyrrole nitrogens is 2. The molecule has 0 unspecified atom stereocenters. The van der Waals surface area contributed by atoms with Crippen LogP contribution in [-0.2, 0) is 4.84 Å². The van der Waals surface area contributed by atoms with Crippen molar-refractivity contribution in [3.8, 4) is 0 Å². The Kier molecular flexibility index (Phi) is 2.29. The van der Waals surface area contributed by atoms with Crippen LogP contribution < -0.4 is 5.69 Å². The van der Waals surface area contributed by atoms with E-state index in [2.05, 4.69) is 20.0 Å². The molecular weight excluding hydrogens is 194 g/mol. The predicted octanol–water partition coefficient (Wildman–Crippen LogP) is 1.23. The molecule has 0 bridgehead atoms. The molecule has 78 valence electrons. The summed E-state index contributed by atoms with van der Waals surface area (Å²) >= 11 is 0. The minimum Gasteiger partial charge on any atom is -0.399 e. The summed E-state index contributed by atoms with van der Waals surface area (Å²) in [7, 11) is 1.50. The standard InChI is InChI=1S/C10H11N3O2/c1-6(13-15-2)7-3-4-8-9(5-7)12-10(14)11-8/h3-5H,1-2H3,(H2,11,12,14). The highest BCUT2D eigenvalue weighted by atomic mass is 16.6. The first-order valence-corrected chi connectivity index (χ1v) is 4.51. The van der Waals surface area contributed by atoms with E-state index < -0.39 is 0 Å². The molecule has 5 nitrogen and oxygen atoms in total. The number of hydrogen-bond donors (Lipinski definition) is 2. The third-order valence-corrected chi connectivity index (χ3v) is 2.16. The Morgan fingerprint density at radius 1 is 1.33 bits per heavy atom. The van der Waals surface area contributed by atoms with Crippen LogP contribution in [0, 0.1) is 0 Å². The molecule has 0 spiro atoms. The molecule has 0 aliphatic heterocycles. The van der Waals surface area contributed by atoms with Crippen LogP contribution in [0.15, 0.2) is 28.1 Å². The van der Waals surface area contributed by atoms with E-state index in [9.17, 15) is 4.79 Å². The zero-order chi connectivity index (χ0) is 10.8. The topological polar surface area (TPSA) is 70.2 Å². The van der Waals surface area contributed by atoms with Gasteiger partial charge in [-0.2, -0.15) is 0 Å². The van der Waals surface area contributed by atoms with Gasteiger partial charge in [-0.05, 0) is 19.1 Å². The van der Waals surface area contributed by atoms with Crippen molar-refractivity contribution in [1.82, 2.24) is 9.97 Å². The fraction of sp³-hybridized carbons (Fsp3) is 0.200. The van der Waals surface area contributed by atoms with E-state index in [1.165, 1.54) is 7.11 Å². The van der Waals surface area contributed by atoms with Crippen molar-refractivity contribution in [2.24, 2.45) is 5.16 Å². The number of rotatable bonds is 2. The van der Waals surface area contributed by atoms with Crippen molar-refractivity contribution >= 4 is 16.7 Å². The minimum atomic E-state index is -0.205. The Bertz CT molecular complexity index is 565. The van der Waals surface area contributed by atoms with Crippen molar-refractivity contribution in [2.75, 3.05) is 7.11 Å². The fourth-order valence-corrected chi connectivity index (χ4v) is 1.45. The average Bonchev–Trinajstić information content (AvgIpc) is 2.57. The molecular formula is C10H11N3O2. The number of nitrogens with zero attached hydrogens (tertiary/aromatic N) is 1. The summed E-state index contributed by atoms with van der Waals surface area (Å²) in [6, 6.07) is 5.56. The zero-order valence-corrected chi connectivity index (χ0v) is 8.50. The Balaban J connectivity index is 2.55. The number of aromatic amines is 2. The van der Waals surface area contributed by atoms with Gasteiger partial charge in [-0.3, -0.25) is 0 Å². The van der Waals surface area contributed by atoms with Crippen LogP contribution in [0.25, 0.3) is 11.0 Å². The maximum Gasteiger partial charge on any atom is 0.323 e. The van der Waals surface area contributed by atoms with E-state index in [-0.39, 0.29) is 5.69 Å². The molecule has 1 aromatic heterocycles. The second-order valence-electron chi connectivity index (χ2n) is 3.20. The normalized spacial score (nSPS) is 12.0. The van der Waals surface area contributed by atoms with Crippen LogP contribution in [0.5, 0.6) is 0 Å². The molecule has 0 atom stereocenters. The fourth-order valence-electron chi connectivity index (χ4n) is 1.45. The Morgan fingerprint density at radius 2 is 2.07 bits per heavy atom. The maximum atomic E-state index is 11.0. The van der Waals surface area contributed by atoms with Crippen molar-refractivity contribution in [3.63, 3.8) is 0 Å². The Hall–Kier alpha value is -2.04. The van der Waals surface area contributed by atoms with E-state index >= 15 is 0 Å². The van der Waals surface area contributed by atoms with Crippen LogP contribution in [0.1, 0.15) is 12.5 Å². The average molecular weight is 205 g/mol. The predicted molar refractivity (Wildman–Crippen MR) is 58.1 cm³/mol. The van der Waals surface area contributed by atoms with E-state index in [4.69, 9.17) is 0 Å². The number of fused-ring (bicyclic) bond motifs is 1. The van der Waals surface area contributed by atoms with E-state index in [0.29, 0.717) is 0 Å². The molecule has 2 aromatic rings. The van der Waals surface area contributed by atoms with Gasteiger partial charge in [-0.1, -0.05) is 11.2 Å². The minimum absolute atomic E-state index is 0.205. The summed E-state index contributed by atoms with van der Waals surface area (Å²) in [5.41, 5.74) is 3.03. The van der Waals surface area contributed by atoms with Gasteiger partial charge in [0, 0.05) is 5.56 Å². The lowest BCUT2D eigenvalue weighted by atomic mass is 10.1. The highest BCUT2D eigenvalue weighted by molar-refractivity contribution is 6.00. The van der Waals surface area contributed by atoms with Gasteiger partial charge in [0.15, 0.2) is 0 Å². The summed E-state index contributed by atoms with van der Waals surface area (Å²) in [5, 5.41) is 3.82. The molecule has 0 amide bonds. The van der Waals surface area contributed by atoms with Gasteiger partial charge in [0.2, 0.25) is 0 Å². The number of imidazole rings is 1. The molecule has 15 heavy (non-hydrogen) atoms. The third kappa shape index (κ3) is 1.76. The Labute approximate surface area is 85.8 Å². The van der Waals surface area contributed by atoms with Gasteiger partial charge >= 0.3 is 5.69 Å². The monoisotopic (exact) mass is 205 g/mol. The first-order chi connectivity index (χ1) is 7.20. The summed E-state index contributed by atoms with van der Waals surface area (Å²) in [4.78, 5) is 21.1. The van der Waals surface area contributed by atoms with Crippen LogP contribution >= 0.6 is 0 Å². The molecule has 5 heteroatoms. The first kappa shape index (κ1) is 9.51. The number of oxime groups is 1. The van der Waals surface area contributed by atoms with E-state index in [0.717, 1.165) is 22.3 Å². The highest BCUT2D eigenvalue weighted by Crippen LogP contribution is 2.11. The van der Waals surface area contributed by atoms with Gasteiger partial charge in [-0.15, -0.1) is 0 Å². The molecule has 0 aliphatic rings. The first-order valence-electron chi connectivity index (χ1n) is 4.51. The summed E-state index contributed by atoms with van der Waals surface area (Å²) < 4.78 is 0. The summed E-state index contributed by atoms with van der Waals surface area (Å²) in [6.45, 7) is 1.84. The largest absolute Gasteiger partial charge is 0.399 e. The lowest BCUT2D eigenvalue weighted by Gasteiger charge is -1.99. The van der Waals surface area contributed by atoms with Gasteiger partial charge in [0.1, 0.15) is 7.11 Å². The number of hydrogen-bond acceptors (Lipinski definition) is 3.